The molecule has 0 aliphatic heterocycles. The summed E-state index contributed by atoms with van der Waals surface area (Å²) in [6.45, 7) is -0.0589. The Hall–Kier alpha value is -3.46. The number of nitrogens with zero attached hydrogens (tertiary/aromatic N) is 4. The molecule has 1 aromatic carbocycles. The van der Waals surface area contributed by atoms with Gasteiger partial charge in [0.2, 0.25) is 5.95 Å². The Morgan fingerprint density at radius 1 is 1.23 bits per heavy atom. The van der Waals surface area contributed by atoms with E-state index in [-0.39, 0.29) is 18.6 Å². The van der Waals surface area contributed by atoms with E-state index in [0.29, 0.717) is 17.8 Å². The van der Waals surface area contributed by atoms with Crippen LogP contribution in [0.4, 0.5) is 11.8 Å². The van der Waals surface area contributed by atoms with E-state index in [1.165, 1.54) is 0 Å². The number of fused-ring (bicyclic) bond motifs is 1. The molecule has 132 valence electrons. The molecule has 0 aliphatic carbocycles. The molecule has 3 heterocycles. The van der Waals surface area contributed by atoms with Crippen molar-refractivity contribution in [2.24, 2.45) is 0 Å². The molecule has 0 bridgehead atoms. The molecule has 9 heteroatoms. The van der Waals surface area contributed by atoms with Gasteiger partial charge in [-0.05, 0) is 18.2 Å². The molecule has 3 aromatic heterocycles. The summed E-state index contributed by atoms with van der Waals surface area (Å²) in [6, 6.07) is 7.47. The molecular weight excluding hydrogens is 332 g/mol. The van der Waals surface area contributed by atoms with Crippen LogP contribution in [0.25, 0.3) is 22.2 Å². The van der Waals surface area contributed by atoms with Gasteiger partial charge in [-0.1, -0.05) is 6.07 Å². The fourth-order valence-electron chi connectivity index (χ4n) is 2.86. The highest BCUT2D eigenvalue weighted by molar-refractivity contribution is 5.92. The first-order valence-corrected chi connectivity index (χ1v) is 8.14. The molecule has 26 heavy (non-hydrogen) atoms. The molecule has 0 saturated heterocycles. The fourth-order valence-corrected chi connectivity index (χ4v) is 2.86. The molecular formula is C17H18N8O. The van der Waals surface area contributed by atoms with Crippen molar-refractivity contribution in [2.45, 2.75) is 12.5 Å². The molecule has 1 atom stereocenters. The van der Waals surface area contributed by atoms with Gasteiger partial charge < -0.3 is 21.1 Å². The zero-order valence-corrected chi connectivity index (χ0v) is 13.8. The van der Waals surface area contributed by atoms with Crippen LogP contribution in [0.5, 0.6) is 0 Å². The second kappa shape index (κ2) is 6.81. The Morgan fingerprint density at radius 2 is 2.15 bits per heavy atom. The van der Waals surface area contributed by atoms with Gasteiger partial charge in [-0.3, -0.25) is 5.10 Å². The monoisotopic (exact) mass is 350 g/mol. The van der Waals surface area contributed by atoms with Crippen molar-refractivity contribution in [3.8, 4) is 11.3 Å². The summed E-state index contributed by atoms with van der Waals surface area (Å²) in [5.41, 5.74) is 9.37. The van der Waals surface area contributed by atoms with E-state index < -0.39 is 0 Å². The quantitative estimate of drug-likeness (QED) is 0.353. The number of rotatable bonds is 6. The van der Waals surface area contributed by atoms with Gasteiger partial charge in [-0.25, -0.2) is 9.97 Å². The van der Waals surface area contributed by atoms with Crippen LogP contribution in [0.15, 0.2) is 43.0 Å². The highest BCUT2D eigenvalue weighted by atomic mass is 16.3. The van der Waals surface area contributed by atoms with Gasteiger partial charge in [-0.2, -0.15) is 10.1 Å². The zero-order valence-electron chi connectivity index (χ0n) is 13.8. The zero-order chi connectivity index (χ0) is 17.9. The summed E-state index contributed by atoms with van der Waals surface area (Å²) in [7, 11) is 0. The second-order valence-electron chi connectivity index (χ2n) is 5.94. The predicted octanol–water partition coefficient (Wildman–Crippen LogP) is 1.34. The molecule has 9 nitrogen and oxygen atoms in total. The van der Waals surface area contributed by atoms with Gasteiger partial charge in [-0.15, -0.1) is 0 Å². The number of nitrogen functional groups attached to an aromatic ring is 1. The fraction of sp³-hybridized carbons (Fsp3) is 0.176. The first-order valence-electron chi connectivity index (χ1n) is 8.14. The number of aromatic nitrogens is 6. The number of hydrogen-bond acceptors (Lipinski definition) is 7. The number of aliphatic hydroxyl groups excluding tert-OH is 1. The maximum absolute atomic E-state index is 9.71. The average Bonchev–Trinajstić information content (AvgIpc) is 3.34. The standard InChI is InChI=1S/C17H18N8O/c18-17-23-15-5-10(14-3-4-21-25-14)1-2-13(15)16(24-17)22-12(8-26)6-11-7-19-9-20-11/h1-5,7,9,12,26H,6,8H2,(H,19,20)(H,21,25)(H3,18,22,23,24)/t12-/m0/s1. The van der Waals surface area contributed by atoms with Gasteiger partial charge in [0.25, 0.3) is 0 Å². The number of imidazole rings is 1. The topological polar surface area (TPSA) is 141 Å². The predicted molar refractivity (Wildman–Crippen MR) is 98.3 cm³/mol. The minimum absolute atomic E-state index is 0.0589. The lowest BCUT2D eigenvalue weighted by Crippen LogP contribution is -2.27. The molecule has 6 N–H and O–H groups in total. The molecule has 0 spiro atoms. The Kier molecular flexibility index (Phi) is 4.20. The van der Waals surface area contributed by atoms with Crippen molar-refractivity contribution in [3.05, 3.63) is 48.7 Å². The Balaban J connectivity index is 1.67. The summed E-state index contributed by atoms with van der Waals surface area (Å²) < 4.78 is 0. The van der Waals surface area contributed by atoms with Crippen LogP contribution >= 0.6 is 0 Å². The summed E-state index contributed by atoms with van der Waals surface area (Å²) in [4.78, 5) is 15.7. The summed E-state index contributed by atoms with van der Waals surface area (Å²) in [5, 5.41) is 20.7. The number of anilines is 2. The molecule has 0 saturated carbocycles. The molecule has 0 unspecified atom stereocenters. The third-order valence-electron chi connectivity index (χ3n) is 4.11. The molecule has 4 rings (SSSR count). The van der Waals surface area contributed by atoms with Crippen LogP contribution in [-0.4, -0.2) is 47.9 Å². The lowest BCUT2D eigenvalue weighted by molar-refractivity contribution is 0.273. The smallest absolute Gasteiger partial charge is 0.222 e. The van der Waals surface area contributed by atoms with Gasteiger partial charge >= 0.3 is 0 Å². The molecule has 0 amide bonds. The summed E-state index contributed by atoms with van der Waals surface area (Å²) in [6.07, 6.45) is 5.61. The van der Waals surface area contributed by atoms with Crippen molar-refractivity contribution in [1.29, 1.82) is 0 Å². The Bertz CT molecular complexity index is 997. The minimum atomic E-state index is -0.236. The molecule has 4 aromatic rings. The van der Waals surface area contributed by atoms with Crippen LogP contribution in [0.1, 0.15) is 5.69 Å². The van der Waals surface area contributed by atoms with Gasteiger partial charge in [0, 0.05) is 35.5 Å². The van der Waals surface area contributed by atoms with Crippen molar-refractivity contribution < 1.29 is 5.11 Å². The lowest BCUT2D eigenvalue weighted by Gasteiger charge is -2.17. The third-order valence-corrected chi connectivity index (χ3v) is 4.11. The maximum atomic E-state index is 9.71. The van der Waals surface area contributed by atoms with E-state index in [9.17, 15) is 5.11 Å². The van der Waals surface area contributed by atoms with E-state index in [0.717, 1.165) is 22.3 Å². The summed E-state index contributed by atoms with van der Waals surface area (Å²) in [5.74, 6) is 0.752. The van der Waals surface area contributed by atoms with Crippen LogP contribution < -0.4 is 11.1 Å². The number of benzene rings is 1. The van der Waals surface area contributed by atoms with Crippen molar-refractivity contribution >= 4 is 22.7 Å². The number of aromatic amines is 2. The average molecular weight is 350 g/mol. The number of nitrogens with one attached hydrogen (secondary N) is 3. The van der Waals surface area contributed by atoms with Crippen molar-refractivity contribution in [2.75, 3.05) is 17.7 Å². The number of nitrogens with two attached hydrogens (primary N) is 1. The highest BCUT2D eigenvalue weighted by Gasteiger charge is 2.14. The first-order chi connectivity index (χ1) is 12.7. The Labute approximate surface area is 148 Å². The van der Waals surface area contributed by atoms with E-state index in [4.69, 9.17) is 5.73 Å². The van der Waals surface area contributed by atoms with Crippen LogP contribution in [0, 0.1) is 0 Å². The van der Waals surface area contributed by atoms with Crippen LogP contribution in [0.3, 0.4) is 0 Å². The van der Waals surface area contributed by atoms with Gasteiger partial charge in [0.15, 0.2) is 0 Å². The Morgan fingerprint density at radius 3 is 2.88 bits per heavy atom. The summed E-state index contributed by atoms with van der Waals surface area (Å²) >= 11 is 0. The first kappa shape index (κ1) is 16.0. The van der Waals surface area contributed by atoms with E-state index >= 15 is 0 Å². The van der Waals surface area contributed by atoms with E-state index in [1.807, 2.05) is 24.3 Å². The number of hydrogen-bond donors (Lipinski definition) is 5. The lowest BCUT2D eigenvalue weighted by atomic mass is 10.1. The minimum Gasteiger partial charge on any atom is -0.394 e. The van der Waals surface area contributed by atoms with Crippen LogP contribution in [-0.2, 0) is 6.42 Å². The number of aliphatic hydroxyl groups is 1. The molecule has 0 aliphatic rings. The van der Waals surface area contributed by atoms with E-state index in [2.05, 4.69) is 35.5 Å². The van der Waals surface area contributed by atoms with Crippen molar-refractivity contribution in [3.63, 3.8) is 0 Å². The third kappa shape index (κ3) is 3.20. The normalized spacial score (nSPS) is 12.3. The largest absolute Gasteiger partial charge is 0.394 e. The van der Waals surface area contributed by atoms with E-state index in [1.54, 1.807) is 18.7 Å². The molecule has 0 radical (unpaired) electrons. The van der Waals surface area contributed by atoms with Crippen LogP contribution in [0.2, 0.25) is 0 Å². The SMILES string of the molecule is Nc1nc(N[C@H](CO)Cc2cnc[nH]2)c2ccc(-c3ccn[nH]3)cc2n1. The van der Waals surface area contributed by atoms with Crippen molar-refractivity contribution in [1.82, 2.24) is 30.1 Å². The highest BCUT2D eigenvalue weighted by Crippen LogP contribution is 2.27. The maximum Gasteiger partial charge on any atom is 0.222 e. The molecule has 0 fully saturated rings. The van der Waals surface area contributed by atoms with Gasteiger partial charge in [0.05, 0.1) is 30.2 Å². The second-order valence-corrected chi connectivity index (χ2v) is 5.94. The number of H-pyrrole nitrogens is 2. The van der Waals surface area contributed by atoms with Gasteiger partial charge in [0.1, 0.15) is 5.82 Å².